The van der Waals surface area contributed by atoms with E-state index in [0.717, 1.165) is 5.69 Å². The van der Waals surface area contributed by atoms with Gasteiger partial charge in [0, 0.05) is 24.2 Å². The molecular formula is C23H21N7O2. The number of carbonyl (C=O) groups excluding carboxylic acids is 2. The standard InChI is InChI=1S/C23H21N7O2/c1-2-19(31)29(16-8-4-3-5-9-16)12-11-18-20-21(22(24)27-14-26-20)30(28-18)17-10-6-7-15(13-17)23(25)32/h2-10,13-14H,1,11-12H2,(H2,25,32)(H2,24,26,27). The third-order valence-corrected chi connectivity index (χ3v) is 5.01. The molecule has 0 aliphatic rings. The lowest BCUT2D eigenvalue weighted by Gasteiger charge is -2.20. The summed E-state index contributed by atoms with van der Waals surface area (Å²) in [5, 5.41) is 4.69. The molecule has 2 aromatic heterocycles. The Balaban J connectivity index is 1.75. The first kappa shape index (κ1) is 20.7. The Bertz CT molecular complexity index is 1310. The number of primary amides is 1. The first-order chi connectivity index (χ1) is 15.5. The van der Waals surface area contributed by atoms with E-state index in [-0.39, 0.29) is 11.7 Å². The molecule has 2 amide bonds. The third kappa shape index (κ3) is 3.91. The Labute approximate surface area is 184 Å². The van der Waals surface area contributed by atoms with Crippen molar-refractivity contribution in [2.24, 2.45) is 5.73 Å². The maximum Gasteiger partial charge on any atom is 0.250 e. The molecule has 0 atom stereocenters. The molecule has 2 heterocycles. The molecule has 0 aliphatic heterocycles. The lowest BCUT2D eigenvalue weighted by atomic mass is 10.2. The molecule has 4 N–H and O–H groups in total. The second-order valence-corrected chi connectivity index (χ2v) is 7.01. The van der Waals surface area contributed by atoms with Gasteiger partial charge in [0.05, 0.1) is 11.4 Å². The number of nitrogens with two attached hydrogens (primary N) is 2. The van der Waals surface area contributed by atoms with Gasteiger partial charge in [0.25, 0.3) is 0 Å². The first-order valence-corrected chi connectivity index (χ1v) is 9.87. The third-order valence-electron chi connectivity index (χ3n) is 5.01. The van der Waals surface area contributed by atoms with Crippen molar-refractivity contribution in [2.75, 3.05) is 17.2 Å². The molecule has 4 rings (SSSR count). The number of nitrogens with zero attached hydrogens (tertiary/aromatic N) is 5. The molecule has 4 aromatic rings. The lowest BCUT2D eigenvalue weighted by Crippen LogP contribution is -2.31. The van der Waals surface area contributed by atoms with E-state index in [9.17, 15) is 9.59 Å². The average Bonchev–Trinajstić information content (AvgIpc) is 3.20. The van der Waals surface area contributed by atoms with Gasteiger partial charge in [0.1, 0.15) is 17.4 Å². The highest BCUT2D eigenvalue weighted by molar-refractivity contribution is 6.01. The Morgan fingerprint density at radius 2 is 1.88 bits per heavy atom. The summed E-state index contributed by atoms with van der Waals surface area (Å²) in [6.45, 7) is 3.96. The van der Waals surface area contributed by atoms with Crippen molar-refractivity contribution >= 4 is 34.4 Å². The van der Waals surface area contributed by atoms with Crippen molar-refractivity contribution in [1.29, 1.82) is 0 Å². The Hall–Kier alpha value is -4.53. The largest absolute Gasteiger partial charge is 0.382 e. The van der Waals surface area contributed by atoms with Crippen LogP contribution in [0.4, 0.5) is 11.5 Å². The van der Waals surface area contributed by atoms with Gasteiger partial charge in [-0.25, -0.2) is 14.6 Å². The van der Waals surface area contributed by atoms with E-state index in [1.807, 2.05) is 30.3 Å². The van der Waals surface area contributed by atoms with Crippen molar-refractivity contribution in [2.45, 2.75) is 6.42 Å². The minimum absolute atomic E-state index is 0.219. The van der Waals surface area contributed by atoms with Crippen LogP contribution < -0.4 is 16.4 Å². The number of para-hydroxylation sites is 1. The van der Waals surface area contributed by atoms with Gasteiger partial charge in [-0.05, 0) is 36.4 Å². The number of hydrogen-bond donors (Lipinski definition) is 2. The van der Waals surface area contributed by atoms with Gasteiger partial charge in [-0.15, -0.1) is 0 Å². The van der Waals surface area contributed by atoms with E-state index < -0.39 is 5.91 Å². The van der Waals surface area contributed by atoms with Gasteiger partial charge in [-0.1, -0.05) is 30.8 Å². The minimum Gasteiger partial charge on any atom is -0.382 e. The Kier molecular flexibility index (Phi) is 5.63. The van der Waals surface area contributed by atoms with Gasteiger partial charge in [0.15, 0.2) is 5.82 Å². The highest BCUT2D eigenvalue weighted by atomic mass is 16.2. The smallest absolute Gasteiger partial charge is 0.250 e. The van der Waals surface area contributed by atoms with Gasteiger partial charge in [-0.2, -0.15) is 5.10 Å². The summed E-state index contributed by atoms with van der Waals surface area (Å²) >= 11 is 0. The van der Waals surface area contributed by atoms with E-state index in [4.69, 9.17) is 11.5 Å². The van der Waals surface area contributed by atoms with Gasteiger partial charge in [-0.3, -0.25) is 9.59 Å². The van der Waals surface area contributed by atoms with Crippen LogP contribution in [0.25, 0.3) is 16.7 Å². The topological polar surface area (TPSA) is 133 Å². The van der Waals surface area contributed by atoms with Crippen LogP contribution in [0.2, 0.25) is 0 Å². The van der Waals surface area contributed by atoms with Crippen LogP contribution in [0.15, 0.2) is 73.6 Å². The zero-order valence-electron chi connectivity index (χ0n) is 17.2. The number of amides is 2. The van der Waals surface area contributed by atoms with Gasteiger partial charge < -0.3 is 16.4 Å². The van der Waals surface area contributed by atoms with Crippen LogP contribution in [0.5, 0.6) is 0 Å². The molecule has 0 fully saturated rings. The summed E-state index contributed by atoms with van der Waals surface area (Å²) in [6, 6.07) is 16.1. The summed E-state index contributed by atoms with van der Waals surface area (Å²) in [6.07, 6.45) is 3.06. The fourth-order valence-corrected chi connectivity index (χ4v) is 3.48. The van der Waals surface area contributed by atoms with Crippen molar-refractivity contribution in [3.05, 3.63) is 84.8 Å². The highest BCUT2D eigenvalue weighted by Gasteiger charge is 2.19. The zero-order valence-corrected chi connectivity index (χ0v) is 17.2. The molecule has 9 heteroatoms. The second-order valence-electron chi connectivity index (χ2n) is 7.01. The lowest BCUT2D eigenvalue weighted by molar-refractivity contribution is -0.114. The molecule has 0 spiro atoms. The van der Waals surface area contributed by atoms with Crippen LogP contribution in [0.1, 0.15) is 16.1 Å². The quantitative estimate of drug-likeness (QED) is 0.435. The van der Waals surface area contributed by atoms with Gasteiger partial charge in [0.2, 0.25) is 11.8 Å². The van der Waals surface area contributed by atoms with E-state index in [1.54, 1.807) is 33.8 Å². The van der Waals surface area contributed by atoms with E-state index in [0.29, 0.717) is 40.9 Å². The van der Waals surface area contributed by atoms with Crippen molar-refractivity contribution in [1.82, 2.24) is 19.7 Å². The van der Waals surface area contributed by atoms with E-state index in [2.05, 4.69) is 21.6 Å². The molecule has 0 radical (unpaired) electrons. The Morgan fingerprint density at radius 1 is 1.09 bits per heavy atom. The van der Waals surface area contributed by atoms with Crippen LogP contribution in [-0.2, 0) is 11.2 Å². The number of nitrogen functional groups attached to an aromatic ring is 1. The number of rotatable bonds is 7. The number of aromatic nitrogens is 4. The summed E-state index contributed by atoms with van der Waals surface area (Å²) in [4.78, 5) is 34.2. The van der Waals surface area contributed by atoms with Gasteiger partial charge >= 0.3 is 0 Å². The van der Waals surface area contributed by atoms with E-state index >= 15 is 0 Å². The van der Waals surface area contributed by atoms with Crippen LogP contribution in [0, 0.1) is 0 Å². The minimum atomic E-state index is -0.547. The van der Waals surface area contributed by atoms with Crippen LogP contribution in [-0.4, -0.2) is 38.1 Å². The average molecular weight is 427 g/mol. The molecular weight excluding hydrogens is 406 g/mol. The fourth-order valence-electron chi connectivity index (χ4n) is 3.48. The summed E-state index contributed by atoms with van der Waals surface area (Å²) in [5.41, 5.74) is 15.0. The van der Waals surface area contributed by atoms with Crippen molar-refractivity contribution in [3.8, 4) is 5.69 Å². The van der Waals surface area contributed by atoms with Crippen LogP contribution in [0.3, 0.4) is 0 Å². The fraction of sp³-hybridized carbons (Fsp3) is 0.0870. The molecule has 0 saturated carbocycles. The number of hydrogen-bond acceptors (Lipinski definition) is 6. The normalized spacial score (nSPS) is 10.8. The molecule has 0 bridgehead atoms. The first-order valence-electron chi connectivity index (χ1n) is 9.87. The Morgan fingerprint density at radius 3 is 2.59 bits per heavy atom. The van der Waals surface area contributed by atoms with Crippen LogP contribution >= 0.6 is 0 Å². The van der Waals surface area contributed by atoms with Crippen molar-refractivity contribution < 1.29 is 9.59 Å². The monoisotopic (exact) mass is 427 g/mol. The number of anilines is 2. The van der Waals surface area contributed by atoms with Crippen molar-refractivity contribution in [3.63, 3.8) is 0 Å². The molecule has 9 nitrogen and oxygen atoms in total. The highest BCUT2D eigenvalue weighted by Crippen LogP contribution is 2.25. The molecule has 2 aromatic carbocycles. The summed E-state index contributed by atoms with van der Waals surface area (Å²) in [5.74, 6) is -0.516. The maximum atomic E-state index is 12.5. The predicted molar refractivity (Wildman–Crippen MR) is 122 cm³/mol. The molecule has 32 heavy (non-hydrogen) atoms. The zero-order chi connectivity index (χ0) is 22.7. The number of benzene rings is 2. The predicted octanol–water partition coefficient (Wildman–Crippen LogP) is 2.26. The molecule has 0 saturated heterocycles. The summed E-state index contributed by atoms with van der Waals surface area (Å²) < 4.78 is 1.59. The summed E-state index contributed by atoms with van der Waals surface area (Å²) in [7, 11) is 0. The molecule has 160 valence electrons. The maximum absolute atomic E-state index is 12.5. The van der Waals surface area contributed by atoms with E-state index in [1.165, 1.54) is 12.4 Å². The number of carbonyl (C=O) groups is 2. The molecule has 0 aliphatic carbocycles. The molecule has 0 unspecified atom stereocenters. The number of fused-ring (bicyclic) bond motifs is 1. The second kappa shape index (κ2) is 8.68. The SMILES string of the molecule is C=CC(=O)N(CCc1nn(-c2cccc(C(N)=O)c2)c2c(N)ncnc12)c1ccccc1.